The number of amides is 1. The van der Waals surface area contributed by atoms with E-state index in [1.807, 2.05) is 30.3 Å². The second kappa shape index (κ2) is 10.5. The van der Waals surface area contributed by atoms with E-state index < -0.39 is 10.0 Å². The predicted octanol–water partition coefficient (Wildman–Crippen LogP) is 2.54. The van der Waals surface area contributed by atoms with Gasteiger partial charge in [-0.05, 0) is 43.1 Å². The van der Waals surface area contributed by atoms with Crippen LogP contribution in [0.2, 0.25) is 0 Å². The molecule has 0 saturated carbocycles. The van der Waals surface area contributed by atoms with Gasteiger partial charge in [-0.25, -0.2) is 13.1 Å². The van der Waals surface area contributed by atoms with Crippen LogP contribution in [0.1, 0.15) is 27.9 Å². The summed E-state index contributed by atoms with van der Waals surface area (Å²) in [5.41, 5.74) is 2.97. The van der Waals surface area contributed by atoms with E-state index in [1.165, 1.54) is 11.6 Å². The van der Waals surface area contributed by atoms with Gasteiger partial charge in [-0.3, -0.25) is 4.79 Å². The van der Waals surface area contributed by atoms with Gasteiger partial charge < -0.3 is 10.6 Å². The molecule has 0 atom stereocenters. The molecule has 0 spiro atoms. The van der Waals surface area contributed by atoms with Crippen molar-refractivity contribution in [2.45, 2.75) is 24.8 Å². The Labute approximate surface area is 178 Å². The van der Waals surface area contributed by atoms with Gasteiger partial charge in [0.25, 0.3) is 5.91 Å². The number of aryl methyl sites for hydroxylation is 1. The van der Waals surface area contributed by atoms with Crippen molar-refractivity contribution in [3.8, 4) is 0 Å². The van der Waals surface area contributed by atoms with E-state index >= 15 is 0 Å². The van der Waals surface area contributed by atoms with Gasteiger partial charge >= 0.3 is 0 Å². The molecule has 1 aliphatic rings. The third kappa shape index (κ3) is 6.40. The van der Waals surface area contributed by atoms with E-state index in [4.69, 9.17) is 0 Å². The van der Waals surface area contributed by atoms with Crippen LogP contribution in [0, 0.1) is 6.92 Å². The Balaban J connectivity index is 0.00000300. The molecule has 29 heavy (non-hydrogen) atoms. The normalized spacial score (nSPS) is 13.9. The maximum atomic E-state index is 12.7. The van der Waals surface area contributed by atoms with Crippen molar-refractivity contribution in [1.29, 1.82) is 0 Å². The Bertz CT molecular complexity index is 976. The highest BCUT2D eigenvalue weighted by Gasteiger charge is 2.19. The molecule has 1 amide bonds. The molecule has 1 aliphatic heterocycles. The standard InChI is InChI=1S/C21H25N3O3S.ClH/c1-16-7-8-19(21(25)23-14-18-9-11-22-12-10-18)13-20(16)28(26,27)24-15-17-5-3-2-4-6-17;/h2-9,13,22,24H,10-12,14-15H2,1H3,(H,23,25);1H. The zero-order valence-corrected chi connectivity index (χ0v) is 17.9. The molecule has 3 rings (SSSR count). The molecule has 156 valence electrons. The molecule has 0 aromatic heterocycles. The van der Waals surface area contributed by atoms with Gasteiger partial charge in [-0.15, -0.1) is 12.4 Å². The number of halogens is 1. The molecule has 6 nitrogen and oxygen atoms in total. The van der Waals surface area contributed by atoms with E-state index in [1.54, 1.807) is 19.1 Å². The highest BCUT2D eigenvalue weighted by atomic mass is 35.5. The molecule has 0 saturated heterocycles. The predicted molar refractivity (Wildman–Crippen MR) is 117 cm³/mol. The molecule has 3 N–H and O–H groups in total. The van der Waals surface area contributed by atoms with Crippen LogP contribution in [0.4, 0.5) is 0 Å². The minimum atomic E-state index is -3.73. The van der Waals surface area contributed by atoms with Gasteiger partial charge in [-0.1, -0.05) is 48.0 Å². The lowest BCUT2D eigenvalue weighted by Crippen LogP contribution is -2.30. The summed E-state index contributed by atoms with van der Waals surface area (Å²) in [7, 11) is -3.73. The van der Waals surface area contributed by atoms with Crippen LogP contribution in [0.25, 0.3) is 0 Å². The molecule has 0 bridgehead atoms. The summed E-state index contributed by atoms with van der Waals surface area (Å²) in [4.78, 5) is 12.6. The molecule has 2 aromatic carbocycles. The first kappa shape index (κ1) is 23.1. The lowest BCUT2D eigenvalue weighted by Gasteiger charge is -2.15. The number of sulfonamides is 1. The van der Waals surface area contributed by atoms with E-state index in [2.05, 4.69) is 21.4 Å². The average molecular weight is 436 g/mol. The zero-order chi connectivity index (χ0) is 20.0. The quantitative estimate of drug-likeness (QED) is 0.583. The van der Waals surface area contributed by atoms with Crippen molar-refractivity contribution in [1.82, 2.24) is 15.4 Å². The van der Waals surface area contributed by atoms with Crippen LogP contribution in [0.15, 0.2) is 65.1 Å². The fourth-order valence-corrected chi connectivity index (χ4v) is 4.30. The molecule has 1 heterocycles. The van der Waals surface area contributed by atoms with Crippen molar-refractivity contribution < 1.29 is 13.2 Å². The number of benzene rings is 2. The fraction of sp³-hybridized carbons (Fsp3) is 0.286. The first-order valence-electron chi connectivity index (χ1n) is 9.27. The first-order chi connectivity index (χ1) is 13.5. The maximum Gasteiger partial charge on any atom is 0.251 e. The van der Waals surface area contributed by atoms with Crippen molar-refractivity contribution in [3.63, 3.8) is 0 Å². The van der Waals surface area contributed by atoms with Crippen LogP contribution in [-0.2, 0) is 16.6 Å². The van der Waals surface area contributed by atoms with Crippen molar-refractivity contribution in [3.05, 3.63) is 76.9 Å². The van der Waals surface area contributed by atoms with E-state index in [-0.39, 0.29) is 29.8 Å². The largest absolute Gasteiger partial charge is 0.348 e. The highest BCUT2D eigenvalue weighted by Crippen LogP contribution is 2.18. The molecular weight excluding hydrogens is 410 g/mol. The lowest BCUT2D eigenvalue weighted by atomic mass is 10.1. The average Bonchev–Trinajstić information content (AvgIpc) is 2.72. The monoisotopic (exact) mass is 435 g/mol. The smallest absolute Gasteiger partial charge is 0.251 e. The second-order valence-electron chi connectivity index (χ2n) is 6.79. The van der Waals surface area contributed by atoms with Crippen LogP contribution in [0.3, 0.4) is 0 Å². The summed E-state index contributed by atoms with van der Waals surface area (Å²) in [6.07, 6.45) is 2.97. The molecule has 8 heteroatoms. The van der Waals surface area contributed by atoms with Crippen molar-refractivity contribution >= 4 is 28.3 Å². The molecular formula is C21H26ClN3O3S. The number of carbonyl (C=O) groups excluding carboxylic acids is 1. The highest BCUT2D eigenvalue weighted by molar-refractivity contribution is 7.89. The van der Waals surface area contributed by atoms with Gasteiger partial charge in [0, 0.05) is 25.2 Å². The number of nitrogens with one attached hydrogen (secondary N) is 3. The van der Waals surface area contributed by atoms with Gasteiger partial charge in [-0.2, -0.15) is 0 Å². The molecule has 0 unspecified atom stereocenters. The Morgan fingerprint density at radius 1 is 1.10 bits per heavy atom. The van der Waals surface area contributed by atoms with Crippen LogP contribution in [-0.4, -0.2) is 34.0 Å². The molecule has 0 aliphatic carbocycles. The van der Waals surface area contributed by atoms with E-state index in [0.29, 0.717) is 17.7 Å². The zero-order valence-electron chi connectivity index (χ0n) is 16.3. The maximum absolute atomic E-state index is 12.7. The SMILES string of the molecule is Cc1ccc(C(=O)NCC2=CCNCC2)cc1S(=O)(=O)NCc1ccccc1.Cl. The molecule has 0 fully saturated rings. The van der Waals surface area contributed by atoms with Crippen molar-refractivity contribution in [2.24, 2.45) is 0 Å². The fourth-order valence-electron chi connectivity index (χ4n) is 3.01. The van der Waals surface area contributed by atoms with Gasteiger partial charge in [0.05, 0.1) is 4.90 Å². The summed E-state index contributed by atoms with van der Waals surface area (Å²) in [6, 6.07) is 14.1. The Kier molecular flexibility index (Phi) is 8.40. The summed E-state index contributed by atoms with van der Waals surface area (Å²) >= 11 is 0. The molecule has 2 aromatic rings. The third-order valence-electron chi connectivity index (χ3n) is 4.68. The number of hydrogen-bond donors (Lipinski definition) is 3. The Morgan fingerprint density at radius 2 is 1.86 bits per heavy atom. The third-order valence-corrected chi connectivity index (χ3v) is 6.23. The van der Waals surface area contributed by atoms with Gasteiger partial charge in [0.1, 0.15) is 0 Å². The summed E-state index contributed by atoms with van der Waals surface area (Å²) in [6.45, 7) is 4.11. The van der Waals surface area contributed by atoms with Gasteiger partial charge in [0.2, 0.25) is 10.0 Å². The minimum Gasteiger partial charge on any atom is -0.348 e. The number of rotatable bonds is 7. The van der Waals surface area contributed by atoms with Crippen LogP contribution >= 0.6 is 12.4 Å². The van der Waals surface area contributed by atoms with Crippen LogP contribution < -0.4 is 15.4 Å². The Morgan fingerprint density at radius 3 is 2.55 bits per heavy atom. The summed E-state index contributed by atoms with van der Waals surface area (Å²) in [5, 5.41) is 6.10. The minimum absolute atomic E-state index is 0. The lowest BCUT2D eigenvalue weighted by molar-refractivity contribution is 0.0956. The molecule has 0 radical (unpaired) electrons. The number of hydrogen-bond acceptors (Lipinski definition) is 4. The van der Waals surface area contributed by atoms with Crippen molar-refractivity contribution in [2.75, 3.05) is 19.6 Å². The van der Waals surface area contributed by atoms with Gasteiger partial charge in [0.15, 0.2) is 0 Å². The number of carbonyl (C=O) groups is 1. The van der Waals surface area contributed by atoms with E-state index in [0.717, 1.165) is 25.1 Å². The van der Waals surface area contributed by atoms with E-state index in [9.17, 15) is 13.2 Å². The van der Waals surface area contributed by atoms with Crippen LogP contribution in [0.5, 0.6) is 0 Å². The first-order valence-corrected chi connectivity index (χ1v) is 10.7. The topological polar surface area (TPSA) is 87.3 Å². The second-order valence-corrected chi connectivity index (χ2v) is 8.52. The Hall–Kier alpha value is -2.19. The summed E-state index contributed by atoms with van der Waals surface area (Å²) in [5.74, 6) is -0.279. The summed E-state index contributed by atoms with van der Waals surface area (Å²) < 4.78 is 28.1.